The zero-order valence-electron chi connectivity index (χ0n) is 9.42. The molecule has 0 aromatic carbocycles. The number of likely N-dealkylation sites (N-methyl/N-ethyl adjacent to an activating group) is 1. The minimum absolute atomic E-state index is 0.188. The number of amides is 1. The van der Waals surface area contributed by atoms with Crippen LogP contribution in [0.3, 0.4) is 0 Å². The molecule has 0 aromatic rings. The van der Waals surface area contributed by atoms with E-state index in [4.69, 9.17) is 5.73 Å². The summed E-state index contributed by atoms with van der Waals surface area (Å²) in [6, 6.07) is 0. The largest absolute Gasteiger partial charge is 0.340 e. The summed E-state index contributed by atoms with van der Waals surface area (Å²) in [4.78, 5) is 16.1. The zero-order valence-corrected chi connectivity index (χ0v) is 9.42. The molecule has 82 valence electrons. The molecule has 1 saturated heterocycles. The predicted octanol–water partition coefficient (Wildman–Crippen LogP) is -0.255. The maximum absolute atomic E-state index is 12.0. The van der Waals surface area contributed by atoms with Crippen LogP contribution in [0.1, 0.15) is 13.8 Å². The molecule has 1 fully saturated rings. The Bertz CT molecular complexity index is 207. The lowest BCUT2D eigenvalue weighted by atomic mass is 9.91. The Kier molecular flexibility index (Phi) is 3.50. The molecular weight excluding hydrogens is 178 g/mol. The van der Waals surface area contributed by atoms with Gasteiger partial charge in [0.25, 0.3) is 0 Å². The molecule has 0 saturated carbocycles. The molecule has 0 radical (unpaired) electrons. The minimum atomic E-state index is -0.407. The van der Waals surface area contributed by atoms with Crippen LogP contribution in [0.25, 0.3) is 0 Å². The third-order valence-corrected chi connectivity index (χ3v) is 2.88. The van der Waals surface area contributed by atoms with Crippen molar-refractivity contribution in [1.29, 1.82) is 0 Å². The maximum atomic E-state index is 12.0. The van der Waals surface area contributed by atoms with E-state index in [2.05, 4.69) is 11.9 Å². The Labute approximate surface area is 86.0 Å². The van der Waals surface area contributed by atoms with Crippen LogP contribution in [0.2, 0.25) is 0 Å². The van der Waals surface area contributed by atoms with Crippen molar-refractivity contribution >= 4 is 5.91 Å². The fourth-order valence-corrected chi connectivity index (χ4v) is 1.52. The molecule has 1 amide bonds. The van der Waals surface area contributed by atoms with Crippen molar-refractivity contribution in [2.45, 2.75) is 13.8 Å². The van der Waals surface area contributed by atoms with Gasteiger partial charge in [-0.15, -0.1) is 0 Å². The van der Waals surface area contributed by atoms with Crippen LogP contribution in [0, 0.1) is 5.41 Å². The van der Waals surface area contributed by atoms with Crippen molar-refractivity contribution in [3.05, 3.63) is 0 Å². The van der Waals surface area contributed by atoms with Gasteiger partial charge in [0.05, 0.1) is 5.41 Å². The van der Waals surface area contributed by atoms with Gasteiger partial charge in [0.2, 0.25) is 5.91 Å². The van der Waals surface area contributed by atoms with Gasteiger partial charge in [-0.3, -0.25) is 4.79 Å². The molecule has 0 unspecified atom stereocenters. The summed E-state index contributed by atoms with van der Waals surface area (Å²) in [5.41, 5.74) is 5.18. The second kappa shape index (κ2) is 4.28. The Balaban J connectivity index is 2.54. The number of carbonyl (C=O) groups excluding carboxylic acids is 1. The zero-order chi connectivity index (χ0) is 10.8. The van der Waals surface area contributed by atoms with Crippen molar-refractivity contribution in [1.82, 2.24) is 9.80 Å². The highest BCUT2D eigenvalue weighted by Crippen LogP contribution is 2.17. The molecule has 4 nitrogen and oxygen atoms in total. The van der Waals surface area contributed by atoms with Gasteiger partial charge < -0.3 is 15.5 Å². The summed E-state index contributed by atoms with van der Waals surface area (Å²) in [7, 11) is 2.08. The van der Waals surface area contributed by atoms with E-state index in [0.717, 1.165) is 26.2 Å². The van der Waals surface area contributed by atoms with Crippen LogP contribution in [0.5, 0.6) is 0 Å². The van der Waals surface area contributed by atoms with Crippen molar-refractivity contribution in [2.75, 3.05) is 39.8 Å². The highest BCUT2D eigenvalue weighted by atomic mass is 16.2. The third-order valence-electron chi connectivity index (χ3n) is 2.88. The Morgan fingerprint density at radius 3 is 2.21 bits per heavy atom. The van der Waals surface area contributed by atoms with E-state index in [1.807, 2.05) is 18.7 Å². The van der Waals surface area contributed by atoms with E-state index >= 15 is 0 Å². The number of nitrogens with zero attached hydrogens (tertiary/aromatic N) is 2. The smallest absolute Gasteiger partial charge is 0.229 e. The Morgan fingerprint density at radius 2 is 1.79 bits per heavy atom. The van der Waals surface area contributed by atoms with Crippen molar-refractivity contribution in [3.8, 4) is 0 Å². The van der Waals surface area contributed by atoms with Crippen LogP contribution in [0.4, 0.5) is 0 Å². The predicted molar refractivity (Wildman–Crippen MR) is 56.9 cm³/mol. The Morgan fingerprint density at radius 1 is 1.29 bits per heavy atom. The van der Waals surface area contributed by atoms with E-state index in [1.54, 1.807) is 0 Å². The monoisotopic (exact) mass is 199 g/mol. The van der Waals surface area contributed by atoms with Gasteiger partial charge in [-0.2, -0.15) is 0 Å². The first-order chi connectivity index (χ1) is 6.47. The van der Waals surface area contributed by atoms with E-state index in [9.17, 15) is 4.79 Å². The number of piperazine rings is 1. The van der Waals surface area contributed by atoms with Crippen molar-refractivity contribution in [3.63, 3.8) is 0 Å². The SMILES string of the molecule is CN1CCN(C(=O)C(C)(C)CN)CC1. The van der Waals surface area contributed by atoms with Crippen molar-refractivity contribution < 1.29 is 4.79 Å². The average Bonchev–Trinajstić information content (AvgIpc) is 2.18. The number of rotatable bonds is 2. The summed E-state index contributed by atoms with van der Waals surface area (Å²) in [5.74, 6) is 0.188. The van der Waals surface area contributed by atoms with Crippen LogP contribution in [-0.4, -0.2) is 55.5 Å². The first kappa shape index (κ1) is 11.5. The quantitative estimate of drug-likeness (QED) is 0.667. The third kappa shape index (κ3) is 2.45. The molecule has 0 atom stereocenters. The molecule has 14 heavy (non-hydrogen) atoms. The summed E-state index contributed by atoms with van der Waals surface area (Å²) < 4.78 is 0. The van der Waals surface area contributed by atoms with E-state index in [1.165, 1.54) is 0 Å². The Hall–Kier alpha value is -0.610. The summed E-state index contributed by atoms with van der Waals surface area (Å²) in [5, 5.41) is 0. The summed E-state index contributed by atoms with van der Waals surface area (Å²) in [6.07, 6.45) is 0. The van der Waals surface area contributed by atoms with Crippen LogP contribution < -0.4 is 5.73 Å². The van der Waals surface area contributed by atoms with Gasteiger partial charge in [0.15, 0.2) is 0 Å². The molecule has 4 heteroatoms. The molecule has 2 N–H and O–H groups in total. The van der Waals surface area contributed by atoms with Crippen LogP contribution in [-0.2, 0) is 4.79 Å². The second-order valence-corrected chi connectivity index (χ2v) is 4.68. The van der Waals surface area contributed by atoms with Gasteiger partial charge in [0, 0.05) is 32.7 Å². The normalized spacial score (nSPS) is 19.9. The number of hydrogen-bond acceptors (Lipinski definition) is 3. The van der Waals surface area contributed by atoms with Crippen LogP contribution >= 0.6 is 0 Å². The number of nitrogens with two attached hydrogens (primary N) is 1. The molecular formula is C10H21N3O. The van der Waals surface area contributed by atoms with Gasteiger partial charge in [0.1, 0.15) is 0 Å². The average molecular weight is 199 g/mol. The topological polar surface area (TPSA) is 49.6 Å². The molecule has 1 rings (SSSR count). The molecule has 0 spiro atoms. The molecule has 1 aliphatic rings. The summed E-state index contributed by atoms with van der Waals surface area (Å²) >= 11 is 0. The van der Waals surface area contributed by atoms with Crippen LogP contribution in [0.15, 0.2) is 0 Å². The molecule has 0 bridgehead atoms. The van der Waals surface area contributed by atoms with Gasteiger partial charge in [-0.05, 0) is 20.9 Å². The summed E-state index contributed by atoms with van der Waals surface area (Å²) in [6.45, 7) is 7.83. The molecule has 1 heterocycles. The lowest BCUT2D eigenvalue weighted by Crippen LogP contribution is -2.52. The highest BCUT2D eigenvalue weighted by Gasteiger charge is 2.31. The number of carbonyl (C=O) groups is 1. The number of hydrogen-bond donors (Lipinski definition) is 1. The lowest BCUT2D eigenvalue weighted by Gasteiger charge is -2.36. The molecule has 0 aromatic heterocycles. The van der Waals surface area contributed by atoms with E-state index < -0.39 is 5.41 Å². The highest BCUT2D eigenvalue weighted by molar-refractivity contribution is 5.82. The van der Waals surface area contributed by atoms with E-state index in [0.29, 0.717) is 6.54 Å². The van der Waals surface area contributed by atoms with Gasteiger partial charge in [-0.25, -0.2) is 0 Å². The standard InChI is InChI=1S/C10H21N3O/c1-10(2,8-11)9(14)13-6-4-12(3)5-7-13/h4-8,11H2,1-3H3. The first-order valence-corrected chi connectivity index (χ1v) is 5.15. The van der Waals surface area contributed by atoms with Gasteiger partial charge in [-0.1, -0.05) is 0 Å². The minimum Gasteiger partial charge on any atom is -0.340 e. The first-order valence-electron chi connectivity index (χ1n) is 5.15. The molecule has 1 aliphatic heterocycles. The second-order valence-electron chi connectivity index (χ2n) is 4.68. The van der Waals surface area contributed by atoms with Gasteiger partial charge >= 0.3 is 0 Å². The van der Waals surface area contributed by atoms with E-state index in [-0.39, 0.29) is 5.91 Å². The van der Waals surface area contributed by atoms with Crippen molar-refractivity contribution in [2.24, 2.45) is 11.1 Å². The fraction of sp³-hybridized carbons (Fsp3) is 0.900. The lowest BCUT2D eigenvalue weighted by molar-refractivity contribution is -0.141. The molecule has 0 aliphatic carbocycles. The fourth-order valence-electron chi connectivity index (χ4n) is 1.52. The maximum Gasteiger partial charge on any atom is 0.229 e.